The van der Waals surface area contributed by atoms with Crippen LogP contribution in [0.5, 0.6) is 0 Å². The third-order valence-corrected chi connectivity index (χ3v) is 5.92. The minimum atomic E-state index is -1.19. The van der Waals surface area contributed by atoms with Gasteiger partial charge in [-0.3, -0.25) is 14.5 Å². The van der Waals surface area contributed by atoms with Gasteiger partial charge in [0.05, 0.1) is 15.2 Å². The van der Waals surface area contributed by atoms with E-state index >= 15 is 0 Å². The first-order valence-electron chi connectivity index (χ1n) is 9.14. The minimum absolute atomic E-state index is 0.355. The Labute approximate surface area is 171 Å². The van der Waals surface area contributed by atoms with Crippen LogP contribution in [-0.4, -0.2) is 34.3 Å². The van der Waals surface area contributed by atoms with Crippen molar-refractivity contribution in [2.75, 3.05) is 11.9 Å². The zero-order chi connectivity index (χ0) is 20.8. The Hall–Kier alpha value is -3.26. The summed E-state index contributed by atoms with van der Waals surface area (Å²) in [4.78, 5) is 43.2. The lowest BCUT2D eigenvalue weighted by Gasteiger charge is -2.22. The number of aromatic nitrogens is 1. The van der Waals surface area contributed by atoms with Gasteiger partial charge in [0.25, 0.3) is 5.91 Å². The first kappa shape index (κ1) is 19.1. The number of anilines is 1. The number of carbonyl (C=O) groups excluding carboxylic acids is 3. The number of carbonyl (C=O) groups is 3. The molecule has 1 aliphatic rings. The molecule has 2 aromatic carbocycles. The number of aryl methyl sites for hydroxylation is 2. The Morgan fingerprint density at radius 2 is 1.90 bits per heavy atom. The zero-order valence-corrected chi connectivity index (χ0v) is 17.1. The number of nitrogens with one attached hydrogen (secondary N) is 2. The van der Waals surface area contributed by atoms with Crippen molar-refractivity contribution in [3.8, 4) is 0 Å². The van der Waals surface area contributed by atoms with Crippen LogP contribution in [0.15, 0.2) is 42.5 Å². The molecule has 2 N–H and O–H groups in total. The molecule has 0 aliphatic carbocycles. The molecule has 1 saturated heterocycles. The van der Waals surface area contributed by atoms with Gasteiger partial charge in [-0.1, -0.05) is 29.8 Å². The number of benzene rings is 2. The highest BCUT2D eigenvalue weighted by Crippen LogP contribution is 2.29. The molecule has 29 heavy (non-hydrogen) atoms. The predicted molar refractivity (Wildman–Crippen MR) is 112 cm³/mol. The van der Waals surface area contributed by atoms with Crippen molar-refractivity contribution >= 4 is 45.1 Å². The molecule has 0 saturated carbocycles. The quantitative estimate of drug-likeness (QED) is 0.648. The van der Waals surface area contributed by atoms with E-state index < -0.39 is 23.4 Å². The second-order valence-electron chi connectivity index (χ2n) is 7.28. The number of thiazole rings is 1. The van der Waals surface area contributed by atoms with Crippen molar-refractivity contribution in [1.29, 1.82) is 0 Å². The number of hydrogen-bond donors (Lipinski definition) is 2. The molecular formula is C21H20N4O3S. The predicted octanol–water partition coefficient (Wildman–Crippen LogP) is 3.32. The highest BCUT2D eigenvalue weighted by atomic mass is 32.1. The van der Waals surface area contributed by atoms with Crippen LogP contribution in [-0.2, 0) is 15.1 Å². The Bertz CT molecular complexity index is 1140. The van der Waals surface area contributed by atoms with E-state index in [1.165, 1.54) is 11.3 Å². The minimum Gasteiger partial charge on any atom is -0.324 e. The third kappa shape index (κ3) is 3.47. The fourth-order valence-corrected chi connectivity index (χ4v) is 4.25. The monoisotopic (exact) mass is 408 g/mol. The molecule has 2 heterocycles. The summed E-state index contributed by atoms with van der Waals surface area (Å²) in [6.45, 7) is 5.16. The molecule has 3 aromatic rings. The van der Waals surface area contributed by atoms with Crippen molar-refractivity contribution in [1.82, 2.24) is 15.2 Å². The smallest absolute Gasteiger partial charge is 0.324 e. The lowest BCUT2D eigenvalue weighted by atomic mass is 9.91. The van der Waals surface area contributed by atoms with Gasteiger partial charge in [-0.15, -0.1) is 11.3 Å². The molecular weight excluding hydrogens is 388 g/mol. The first-order valence-corrected chi connectivity index (χ1v) is 9.96. The van der Waals surface area contributed by atoms with Crippen molar-refractivity contribution < 1.29 is 14.4 Å². The summed E-state index contributed by atoms with van der Waals surface area (Å²) < 4.78 is 0.960. The normalized spacial score (nSPS) is 18.9. The molecule has 148 valence electrons. The number of imide groups is 1. The maximum absolute atomic E-state index is 12.9. The molecule has 8 heteroatoms. The van der Waals surface area contributed by atoms with Gasteiger partial charge in [-0.25, -0.2) is 9.78 Å². The number of urea groups is 1. The summed E-state index contributed by atoms with van der Waals surface area (Å²) in [5.41, 5.74) is 2.01. The second kappa shape index (κ2) is 6.97. The van der Waals surface area contributed by atoms with Gasteiger partial charge in [0.2, 0.25) is 5.91 Å². The second-order valence-corrected chi connectivity index (χ2v) is 8.51. The van der Waals surface area contributed by atoms with Crippen molar-refractivity contribution in [3.05, 3.63) is 58.6 Å². The molecule has 0 radical (unpaired) electrons. The first-order chi connectivity index (χ1) is 13.8. The van der Waals surface area contributed by atoms with Gasteiger partial charge in [0.1, 0.15) is 12.1 Å². The van der Waals surface area contributed by atoms with Crippen LogP contribution in [0.1, 0.15) is 23.1 Å². The Kier molecular flexibility index (Phi) is 4.58. The molecule has 0 spiro atoms. The fourth-order valence-electron chi connectivity index (χ4n) is 3.38. The van der Waals surface area contributed by atoms with Crippen molar-refractivity contribution in [2.24, 2.45) is 0 Å². The van der Waals surface area contributed by atoms with E-state index in [9.17, 15) is 14.4 Å². The van der Waals surface area contributed by atoms with Crippen LogP contribution in [0.25, 0.3) is 10.2 Å². The van der Waals surface area contributed by atoms with Crippen LogP contribution >= 0.6 is 11.3 Å². The number of hydrogen-bond acceptors (Lipinski definition) is 5. The molecule has 1 unspecified atom stereocenters. The molecule has 4 rings (SSSR count). The van der Waals surface area contributed by atoms with Gasteiger partial charge in [0, 0.05) is 5.69 Å². The number of nitrogens with zero attached hydrogens (tertiary/aromatic N) is 2. The topological polar surface area (TPSA) is 91.4 Å². The van der Waals surface area contributed by atoms with Gasteiger partial charge in [-0.05, 0) is 44.5 Å². The lowest BCUT2D eigenvalue weighted by Crippen LogP contribution is -2.42. The summed E-state index contributed by atoms with van der Waals surface area (Å²) in [6, 6.07) is 12.2. The Balaban J connectivity index is 1.49. The van der Waals surface area contributed by atoms with Crippen LogP contribution in [0, 0.1) is 13.8 Å². The van der Waals surface area contributed by atoms with Crippen LogP contribution < -0.4 is 10.6 Å². The van der Waals surface area contributed by atoms with E-state index in [2.05, 4.69) is 15.6 Å². The summed E-state index contributed by atoms with van der Waals surface area (Å²) in [7, 11) is 0. The Morgan fingerprint density at radius 1 is 1.17 bits per heavy atom. The largest absolute Gasteiger partial charge is 0.325 e. The van der Waals surface area contributed by atoms with Crippen LogP contribution in [0.2, 0.25) is 0 Å². The van der Waals surface area contributed by atoms with E-state index in [1.54, 1.807) is 13.0 Å². The molecule has 1 aromatic heterocycles. The summed E-state index contributed by atoms with van der Waals surface area (Å²) in [5.74, 6) is -0.891. The van der Waals surface area contributed by atoms with Crippen LogP contribution in [0.4, 0.5) is 10.5 Å². The molecule has 0 bridgehead atoms. The SMILES string of the molecule is Cc1ccc(C2(C)NC(=O)N(CC(=O)Nc3ccc4nc(C)sc4c3)C2=O)cc1. The average molecular weight is 408 g/mol. The molecule has 1 aliphatic heterocycles. The van der Waals surface area contributed by atoms with E-state index in [0.29, 0.717) is 11.3 Å². The third-order valence-electron chi connectivity index (χ3n) is 4.98. The highest BCUT2D eigenvalue weighted by Gasteiger charge is 2.49. The standard InChI is InChI=1S/C21H20N4O3S/c1-12-4-6-14(7-5-12)21(3)19(27)25(20(28)24-21)11-18(26)23-15-8-9-16-17(10-15)29-13(2)22-16/h4-10H,11H2,1-3H3,(H,23,26)(H,24,28). The summed E-state index contributed by atoms with van der Waals surface area (Å²) >= 11 is 1.53. The Morgan fingerprint density at radius 3 is 2.62 bits per heavy atom. The van der Waals surface area contributed by atoms with E-state index in [4.69, 9.17) is 0 Å². The molecule has 1 fully saturated rings. The molecule has 7 nitrogen and oxygen atoms in total. The fraction of sp³-hybridized carbons (Fsp3) is 0.238. The van der Waals surface area contributed by atoms with Gasteiger partial charge < -0.3 is 10.6 Å². The summed E-state index contributed by atoms with van der Waals surface area (Å²) in [6.07, 6.45) is 0. The van der Waals surface area contributed by atoms with Crippen molar-refractivity contribution in [3.63, 3.8) is 0 Å². The maximum atomic E-state index is 12.9. The molecule has 1 atom stereocenters. The van der Waals surface area contributed by atoms with Gasteiger partial charge in [0.15, 0.2) is 0 Å². The summed E-state index contributed by atoms with van der Waals surface area (Å²) in [5, 5.41) is 6.41. The van der Waals surface area contributed by atoms with E-state index in [-0.39, 0.29) is 6.54 Å². The average Bonchev–Trinajstić information content (AvgIpc) is 3.14. The van der Waals surface area contributed by atoms with E-state index in [0.717, 1.165) is 25.7 Å². The zero-order valence-electron chi connectivity index (χ0n) is 16.3. The maximum Gasteiger partial charge on any atom is 0.325 e. The number of rotatable bonds is 4. The van der Waals surface area contributed by atoms with Gasteiger partial charge in [-0.2, -0.15) is 0 Å². The van der Waals surface area contributed by atoms with E-state index in [1.807, 2.05) is 50.2 Å². The van der Waals surface area contributed by atoms with Crippen molar-refractivity contribution in [2.45, 2.75) is 26.3 Å². The number of amides is 4. The number of fused-ring (bicyclic) bond motifs is 1. The van der Waals surface area contributed by atoms with Gasteiger partial charge >= 0.3 is 6.03 Å². The molecule has 4 amide bonds. The van der Waals surface area contributed by atoms with Crippen LogP contribution in [0.3, 0.4) is 0 Å². The highest BCUT2D eigenvalue weighted by molar-refractivity contribution is 7.18. The lowest BCUT2D eigenvalue weighted by molar-refractivity contribution is -0.133.